The maximum absolute atomic E-state index is 11.6. The maximum atomic E-state index is 11.6. The topological polar surface area (TPSA) is 75.6 Å². The zero-order valence-corrected chi connectivity index (χ0v) is 11.5. The van der Waals surface area contributed by atoms with Gasteiger partial charge in [-0.1, -0.05) is 13.8 Å². The van der Waals surface area contributed by atoms with Gasteiger partial charge in [0, 0.05) is 25.9 Å². The number of aryl methyl sites for hydroxylation is 1. The molecule has 2 aromatic heterocycles. The Morgan fingerprint density at radius 2 is 2.26 bits per heavy atom. The summed E-state index contributed by atoms with van der Waals surface area (Å²) in [7, 11) is 1.83. The summed E-state index contributed by atoms with van der Waals surface area (Å²) in [5.41, 5.74) is 1.24. The van der Waals surface area contributed by atoms with E-state index in [1.54, 1.807) is 4.68 Å². The monoisotopic (exact) mass is 261 g/mol. The third-order valence-corrected chi connectivity index (χ3v) is 2.61. The van der Waals surface area contributed by atoms with Crippen molar-refractivity contribution in [3.63, 3.8) is 0 Å². The molecular weight excluding hydrogens is 242 g/mol. The van der Waals surface area contributed by atoms with Crippen LogP contribution in [-0.4, -0.2) is 26.3 Å². The molecule has 0 fully saturated rings. The van der Waals surface area contributed by atoms with Gasteiger partial charge in [-0.15, -0.1) is 0 Å². The summed E-state index contributed by atoms with van der Waals surface area (Å²) >= 11 is 0. The minimum absolute atomic E-state index is 0.156. The van der Waals surface area contributed by atoms with E-state index >= 15 is 0 Å². The molecule has 0 saturated heterocycles. The van der Waals surface area contributed by atoms with Crippen LogP contribution in [0.1, 0.15) is 19.5 Å². The van der Waals surface area contributed by atoms with Crippen LogP contribution in [0.2, 0.25) is 0 Å². The fourth-order valence-electron chi connectivity index (χ4n) is 1.75. The number of nitrogens with zero attached hydrogens (tertiary/aromatic N) is 3. The van der Waals surface area contributed by atoms with E-state index < -0.39 is 0 Å². The van der Waals surface area contributed by atoms with Crippen molar-refractivity contribution in [2.24, 2.45) is 13.0 Å². The van der Waals surface area contributed by atoms with Crippen LogP contribution in [0.15, 0.2) is 23.1 Å². The van der Waals surface area contributed by atoms with Crippen molar-refractivity contribution in [3.8, 4) is 11.5 Å². The van der Waals surface area contributed by atoms with Crippen LogP contribution in [0.5, 0.6) is 0 Å². The van der Waals surface area contributed by atoms with Gasteiger partial charge in [-0.05, 0) is 18.5 Å². The summed E-state index contributed by atoms with van der Waals surface area (Å²) in [4.78, 5) is 18.8. The molecular formula is C13H19N5O. The summed E-state index contributed by atoms with van der Waals surface area (Å²) in [5.74, 6) is 1.08. The summed E-state index contributed by atoms with van der Waals surface area (Å²) in [6, 6.07) is 3.34. The van der Waals surface area contributed by atoms with E-state index in [0.717, 1.165) is 12.2 Å². The van der Waals surface area contributed by atoms with Crippen LogP contribution in [-0.2, 0) is 13.6 Å². The van der Waals surface area contributed by atoms with E-state index in [1.165, 1.54) is 6.07 Å². The minimum atomic E-state index is -0.156. The van der Waals surface area contributed by atoms with Crippen molar-refractivity contribution < 1.29 is 0 Å². The maximum Gasteiger partial charge on any atom is 0.251 e. The molecule has 0 aliphatic rings. The predicted octanol–water partition coefficient (Wildman–Crippen LogP) is 0.916. The van der Waals surface area contributed by atoms with Gasteiger partial charge in [0.1, 0.15) is 5.69 Å². The molecule has 6 heteroatoms. The van der Waals surface area contributed by atoms with Gasteiger partial charge in [0.25, 0.3) is 5.56 Å². The summed E-state index contributed by atoms with van der Waals surface area (Å²) in [5, 5.41) is 7.51. The number of aromatic amines is 1. The van der Waals surface area contributed by atoms with E-state index in [9.17, 15) is 4.79 Å². The molecule has 0 spiro atoms. The standard InChI is InChI=1S/C13H19N5O/c1-9(2)7-14-8-10-6-12(19)16-13(15-10)11-4-5-18(3)17-11/h4-6,9,14H,7-8H2,1-3H3,(H,15,16,19). The van der Waals surface area contributed by atoms with Gasteiger partial charge < -0.3 is 10.3 Å². The van der Waals surface area contributed by atoms with Gasteiger partial charge in [-0.2, -0.15) is 5.10 Å². The lowest BCUT2D eigenvalue weighted by Crippen LogP contribution is -2.21. The van der Waals surface area contributed by atoms with Crippen molar-refractivity contribution in [1.82, 2.24) is 25.1 Å². The Labute approximate surface area is 111 Å². The molecule has 0 unspecified atom stereocenters. The van der Waals surface area contributed by atoms with Crippen molar-refractivity contribution in [3.05, 3.63) is 34.4 Å². The van der Waals surface area contributed by atoms with Gasteiger partial charge in [-0.25, -0.2) is 4.98 Å². The predicted molar refractivity (Wildman–Crippen MR) is 73.6 cm³/mol. The number of nitrogens with one attached hydrogen (secondary N) is 2. The molecule has 0 aliphatic carbocycles. The molecule has 0 saturated carbocycles. The van der Waals surface area contributed by atoms with E-state index in [1.807, 2.05) is 19.3 Å². The second kappa shape index (κ2) is 5.79. The largest absolute Gasteiger partial charge is 0.311 e. The molecule has 19 heavy (non-hydrogen) atoms. The molecule has 2 rings (SSSR count). The zero-order chi connectivity index (χ0) is 13.8. The second-order valence-electron chi connectivity index (χ2n) is 4.98. The van der Waals surface area contributed by atoms with Crippen molar-refractivity contribution in [2.45, 2.75) is 20.4 Å². The molecule has 0 aliphatic heterocycles. The van der Waals surface area contributed by atoms with Gasteiger partial charge in [0.2, 0.25) is 0 Å². The Bertz CT molecular complexity index is 599. The molecule has 0 bridgehead atoms. The summed E-state index contributed by atoms with van der Waals surface area (Å²) < 4.78 is 1.68. The molecule has 2 heterocycles. The van der Waals surface area contributed by atoms with Crippen LogP contribution in [0.3, 0.4) is 0 Å². The van der Waals surface area contributed by atoms with Crippen molar-refractivity contribution in [2.75, 3.05) is 6.54 Å². The average molecular weight is 261 g/mol. The highest BCUT2D eigenvalue weighted by Crippen LogP contribution is 2.09. The highest BCUT2D eigenvalue weighted by Gasteiger charge is 2.06. The number of H-pyrrole nitrogens is 1. The first-order valence-corrected chi connectivity index (χ1v) is 6.35. The molecule has 102 valence electrons. The zero-order valence-electron chi connectivity index (χ0n) is 11.5. The fourth-order valence-corrected chi connectivity index (χ4v) is 1.75. The first-order chi connectivity index (χ1) is 9.04. The lowest BCUT2D eigenvalue weighted by Gasteiger charge is -2.07. The average Bonchev–Trinajstić information content (AvgIpc) is 2.75. The molecule has 0 radical (unpaired) electrons. The third kappa shape index (κ3) is 3.75. The fraction of sp³-hybridized carbons (Fsp3) is 0.462. The van der Waals surface area contributed by atoms with E-state index in [-0.39, 0.29) is 5.56 Å². The Hall–Kier alpha value is -1.95. The number of rotatable bonds is 5. The highest BCUT2D eigenvalue weighted by molar-refractivity contribution is 5.47. The minimum Gasteiger partial charge on any atom is -0.311 e. The Morgan fingerprint density at radius 1 is 1.47 bits per heavy atom. The smallest absolute Gasteiger partial charge is 0.251 e. The van der Waals surface area contributed by atoms with E-state index in [4.69, 9.17) is 0 Å². The lowest BCUT2D eigenvalue weighted by atomic mass is 10.2. The van der Waals surface area contributed by atoms with E-state index in [2.05, 4.69) is 34.2 Å². The summed E-state index contributed by atoms with van der Waals surface area (Å²) in [6.45, 7) is 5.75. The number of hydrogen-bond acceptors (Lipinski definition) is 4. The first kappa shape index (κ1) is 13.5. The van der Waals surface area contributed by atoms with Gasteiger partial charge in [-0.3, -0.25) is 9.48 Å². The molecule has 6 nitrogen and oxygen atoms in total. The van der Waals surface area contributed by atoms with Crippen LogP contribution in [0.4, 0.5) is 0 Å². The third-order valence-electron chi connectivity index (χ3n) is 2.61. The van der Waals surface area contributed by atoms with Crippen LogP contribution in [0.25, 0.3) is 11.5 Å². The SMILES string of the molecule is CC(C)CNCc1cc(=O)[nH]c(-c2ccn(C)n2)n1. The Kier molecular flexibility index (Phi) is 4.11. The van der Waals surface area contributed by atoms with Gasteiger partial charge in [0.15, 0.2) is 5.82 Å². The quantitative estimate of drug-likeness (QED) is 0.839. The Morgan fingerprint density at radius 3 is 2.89 bits per heavy atom. The normalized spacial score (nSPS) is 11.2. The van der Waals surface area contributed by atoms with Gasteiger partial charge in [0.05, 0.1) is 5.69 Å². The van der Waals surface area contributed by atoms with Crippen LogP contribution >= 0.6 is 0 Å². The molecule has 2 N–H and O–H groups in total. The number of aromatic nitrogens is 4. The van der Waals surface area contributed by atoms with Gasteiger partial charge >= 0.3 is 0 Å². The molecule has 0 aromatic carbocycles. The second-order valence-corrected chi connectivity index (χ2v) is 4.98. The number of hydrogen-bond donors (Lipinski definition) is 2. The molecule has 2 aromatic rings. The highest BCUT2D eigenvalue weighted by atomic mass is 16.1. The summed E-state index contributed by atoms with van der Waals surface area (Å²) in [6.07, 6.45) is 1.82. The lowest BCUT2D eigenvalue weighted by molar-refractivity contribution is 0.548. The molecule has 0 amide bonds. The van der Waals surface area contributed by atoms with E-state index in [0.29, 0.717) is 24.0 Å². The van der Waals surface area contributed by atoms with Crippen molar-refractivity contribution >= 4 is 0 Å². The molecule has 0 atom stereocenters. The first-order valence-electron chi connectivity index (χ1n) is 6.35. The Balaban J connectivity index is 2.18. The van der Waals surface area contributed by atoms with Crippen LogP contribution < -0.4 is 10.9 Å². The van der Waals surface area contributed by atoms with Crippen LogP contribution in [0, 0.1) is 5.92 Å². The van der Waals surface area contributed by atoms with Crippen molar-refractivity contribution in [1.29, 1.82) is 0 Å².